The topological polar surface area (TPSA) is 29.5 Å². The number of alkyl halides is 3. The summed E-state index contributed by atoms with van der Waals surface area (Å²) in [5, 5.41) is 9.67. The fraction of sp³-hybridized carbons (Fsp3) is 1.00. The summed E-state index contributed by atoms with van der Waals surface area (Å²) in [6.07, 6.45) is 5.15. The van der Waals surface area contributed by atoms with Gasteiger partial charge in [0.1, 0.15) is 6.61 Å². The van der Waals surface area contributed by atoms with Crippen LogP contribution in [0.5, 0.6) is 0 Å². The molecule has 1 aliphatic rings. The number of aliphatic hydroxyl groups excluding tert-OH is 1. The van der Waals surface area contributed by atoms with Gasteiger partial charge < -0.3 is 9.84 Å². The Labute approximate surface area is 126 Å². The highest BCUT2D eigenvalue weighted by Crippen LogP contribution is 2.43. The number of halogens is 3. The Morgan fingerprint density at radius 1 is 1.19 bits per heavy atom. The molecule has 1 saturated carbocycles. The van der Waals surface area contributed by atoms with E-state index in [2.05, 4.69) is 11.7 Å². The lowest BCUT2D eigenvalue weighted by molar-refractivity contribution is -0.174. The van der Waals surface area contributed by atoms with Crippen LogP contribution in [0.3, 0.4) is 0 Å². The van der Waals surface area contributed by atoms with E-state index in [0.717, 1.165) is 38.0 Å². The first-order valence-electron chi connectivity index (χ1n) is 8.16. The molecular weight excluding hydrogens is 281 g/mol. The molecular formula is C16H29F3O2. The van der Waals surface area contributed by atoms with Crippen molar-refractivity contribution in [1.82, 2.24) is 0 Å². The van der Waals surface area contributed by atoms with Gasteiger partial charge in [0, 0.05) is 13.2 Å². The molecule has 126 valence electrons. The van der Waals surface area contributed by atoms with E-state index in [4.69, 9.17) is 0 Å². The molecule has 1 rings (SSSR count). The molecule has 0 saturated heterocycles. The van der Waals surface area contributed by atoms with Crippen LogP contribution >= 0.6 is 0 Å². The lowest BCUT2D eigenvalue weighted by Crippen LogP contribution is -2.31. The van der Waals surface area contributed by atoms with E-state index in [1.54, 1.807) is 0 Å². The van der Waals surface area contributed by atoms with Crippen molar-refractivity contribution in [3.8, 4) is 0 Å². The van der Waals surface area contributed by atoms with Gasteiger partial charge in [0.25, 0.3) is 0 Å². The molecule has 0 aliphatic heterocycles. The molecule has 0 aromatic carbocycles. The SMILES string of the molecule is CCCCC1CCC(CO)(CCCOCC(F)(F)F)CC1. The summed E-state index contributed by atoms with van der Waals surface area (Å²) in [6.45, 7) is 1.30. The maximum Gasteiger partial charge on any atom is 0.411 e. The van der Waals surface area contributed by atoms with Gasteiger partial charge in [-0.3, -0.25) is 0 Å². The Hall–Kier alpha value is -0.290. The summed E-state index contributed by atoms with van der Waals surface area (Å²) in [5.41, 5.74) is -0.0791. The molecule has 0 amide bonds. The molecule has 0 aromatic heterocycles. The maximum atomic E-state index is 12.0. The number of ether oxygens (including phenoxy) is 1. The molecule has 0 bridgehead atoms. The van der Waals surface area contributed by atoms with Crippen LogP contribution in [0.25, 0.3) is 0 Å². The predicted molar refractivity (Wildman–Crippen MR) is 77.1 cm³/mol. The molecule has 2 nitrogen and oxygen atoms in total. The molecule has 0 heterocycles. The Morgan fingerprint density at radius 2 is 1.86 bits per heavy atom. The third-order valence-electron chi connectivity index (χ3n) is 4.73. The van der Waals surface area contributed by atoms with Crippen molar-refractivity contribution in [3.63, 3.8) is 0 Å². The van der Waals surface area contributed by atoms with Crippen LogP contribution in [0.1, 0.15) is 64.7 Å². The van der Waals surface area contributed by atoms with Gasteiger partial charge >= 0.3 is 6.18 Å². The van der Waals surface area contributed by atoms with E-state index in [0.29, 0.717) is 6.42 Å². The molecule has 0 atom stereocenters. The average molecular weight is 310 g/mol. The Morgan fingerprint density at radius 3 is 2.38 bits per heavy atom. The third kappa shape index (κ3) is 7.50. The van der Waals surface area contributed by atoms with E-state index >= 15 is 0 Å². The first kappa shape index (κ1) is 18.8. The number of rotatable bonds is 9. The second kappa shape index (κ2) is 8.99. The minimum atomic E-state index is -4.24. The summed E-state index contributed by atoms with van der Waals surface area (Å²) < 4.78 is 40.5. The average Bonchev–Trinajstić information content (AvgIpc) is 2.45. The van der Waals surface area contributed by atoms with Crippen LogP contribution < -0.4 is 0 Å². The van der Waals surface area contributed by atoms with E-state index in [1.807, 2.05) is 0 Å². The van der Waals surface area contributed by atoms with Crippen LogP contribution in [0.15, 0.2) is 0 Å². The number of aliphatic hydroxyl groups is 1. The van der Waals surface area contributed by atoms with Crippen LogP contribution in [-0.4, -0.2) is 31.1 Å². The van der Waals surface area contributed by atoms with Gasteiger partial charge in [-0.25, -0.2) is 0 Å². The first-order chi connectivity index (χ1) is 9.91. The van der Waals surface area contributed by atoms with Crippen molar-refractivity contribution in [1.29, 1.82) is 0 Å². The molecule has 5 heteroatoms. The standard InChI is InChI=1S/C16H29F3O2/c1-2-3-5-14-6-9-15(12-20,10-7-14)8-4-11-21-13-16(17,18)19/h14,20H,2-13H2,1H3. The second-order valence-corrected chi connectivity index (χ2v) is 6.52. The van der Waals surface area contributed by atoms with Crippen molar-refractivity contribution in [2.45, 2.75) is 70.9 Å². The van der Waals surface area contributed by atoms with E-state index in [9.17, 15) is 18.3 Å². The van der Waals surface area contributed by atoms with Gasteiger partial charge in [0.15, 0.2) is 0 Å². The largest absolute Gasteiger partial charge is 0.411 e. The predicted octanol–water partition coefficient (Wildman–Crippen LogP) is 4.70. The highest BCUT2D eigenvalue weighted by molar-refractivity contribution is 4.85. The summed E-state index contributed by atoms with van der Waals surface area (Å²) in [6, 6.07) is 0. The fourth-order valence-electron chi connectivity index (χ4n) is 3.30. The highest BCUT2D eigenvalue weighted by atomic mass is 19.4. The molecule has 0 unspecified atom stereocenters. The Balaban J connectivity index is 2.22. The van der Waals surface area contributed by atoms with Gasteiger partial charge in [-0.05, 0) is 49.9 Å². The monoisotopic (exact) mass is 310 g/mol. The Kier molecular flexibility index (Phi) is 8.03. The fourth-order valence-corrected chi connectivity index (χ4v) is 3.30. The minimum Gasteiger partial charge on any atom is -0.396 e. The van der Waals surface area contributed by atoms with E-state index < -0.39 is 12.8 Å². The van der Waals surface area contributed by atoms with Gasteiger partial charge in [0.05, 0.1) is 0 Å². The Bertz CT molecular complexity index is 271. The second-order valence-electron chi connectivity index (χ2n) is 6.52. The van der Waals surface area contributed by atoms with E-state index in [1.165, 1.54) is 19.3 Å². The molecule has 1 fully saturated rings. The molecule has 1 N–H and O–H groups in total. The maximum absolute atomic E-state index is 12.0. The number of unbranched alkanes of at least 4 members (excludes halogenated alkanes) is 1. The van der Waals surface area contributed by atoms with Crippen LogP contribution in [0, 0.1) is 11.3 Å². The van der Waals surface area contributed by atoms with Crippen LogP contribution in [-0.2, 0) is 4.74 Å². The zero-order chi connectivity index (χ0) is 15.8. The zero-order valence-corrected chi connectivity index (χ0v) is 13.1. The minimum absolute atomic E-state index is 0.0791. The quantitative estimate of drug-likeness (QED) is 0.625. The number of hydrogen-bond donors (Lipinski definition) is 1. The van der Waals surface area contributed by atoms with Gasteiger partial charge in [0.2, 0.25) is 0 Å². The summed E-state index contributed by atoms with van der Waals surface area (Å²) in [5.74, 6) is 0.770. The number of hydrogen-bond acceptors (Lipinski definition) is 2. The highest BCUT2D eigenvalue weighted by Gasteiger charge is 2.34. The third-order valence-corrected chi connectivity index (χ3v) is 4.73. The van der Waals surface area contributed by atoms with Crippen molar-refractivity contribution < 1.29 is 23.0 Å². The van der Waals surface area contributed by atoms with Crippen molar-refractivity contribution in [2.75, 3.05) is 19.8 Å². The van der Waals surface area contributed by atoms with E-state index in [-0.39, 0.29) is 18.6 Å². The van der Waals surface area contributed by atoms with Crippen molar-refractivity contribution in [3.05, 3.63) is 0 Å². The first-order valence-corrected chi connectivity index (χ1v) is 8.16. The van der Waals surface area contributed by atoms with Gasteiger partial charge in [-0.15, -0.1) is 0 Å². The van der Waals surface area contributed by atoms with Crippen molar-refractivity contribution >= 4 is 0 Å². The van der Waals surface area contributed by atoms with Crippen LogP contribution in [0.4, 0.5) is 13.2 Å². The lowest BCUT2D eigenvalue weighted by Gasteiger charge is -2.39. The van der Waals surface area contributed by atoms with Crippen LogP contribution in [0.2, 0.25) is 0 Å². The molecule has 1 aliphatic carbocycles. The summed E-state index contributed by atoms with van der Waals surface area (Å²) in [4.78, 5) is 0. The molecule has 21 heavy (non-hydrogen) atoms. The normalized spacial score (nSPS) is 27.0. The molecule has 0 aromatic rings. The van der Waals surface area contributed by atoms with Crippen molar-refractivity contribution in [2.24, 2.45) is 11.3 Å². The summed E-state index contributed by atoms with van der Waals surface area (Å²) >= 11 is 0. The molecule has 0 radical (unpaired) electrons. The molecule has 0 spiro atoms. The zero-order valence-electron chi connectivity index (χ0n) is 13.1. The smallest absolute Gasteiger partial charge is 0.396 e. The lowest BCUT2D eigenvalue weighted by atomic mass is 9.68. The van der Waals surface area contributed by atoms with Gasteiger partial charge in [-0.1, -0.05) is 26.2 Å². The summed E-state index contributed by atoms with van der Waals surface area (Å²) in [7, 11) is 0. The van der Waals surface area contributed by atoms with Gasteiger partial charge in [-0.2, -0.15) is 13.2 Å².